The van der Waals surface area contributed by atoms with Crippen LogP contribution in [0.4, 0.5) is 4.39 Å². The fraction of sp³-hybridized carbons (Fsp3) is 0.455. The Morgan fingerprint density at radius 2 is 2.27 bits per heavy atom. The number of hydrogen-bond donors (Lipinski definition) is 1. The van der Waals surface area contributed by atoms with Crippen molar-refractivity contribution in [2.24, 2.45) is 5.73 Å². The summed E-state index contributed by atoms with van der Waals surface area (Å²) in [5.74, 6) is 0.300. The number of rotatable bonds is 3. The van der Waals surface area contributed by atoms with Gasteiger partial charge in [0.1, 0.15) is 11.6 Å². The summed E-state index contributed by atoms with van der Waals surface area (Å²) in [6, 6.07) is 2.98. The normalized spacial score (nSPS) is 24.0. The average Bonchev–Trinajstić information content (AvgIpc) is 2.88. The molecule has 1 aliphatic carbocycles. The van der Waals surface area contributed by atoms with Gasteiger partial charge >= 0.3 is 0 Å². The predicted octanol–water partition coefficient (Wildman–Crippen LogP) is 2.69. The zero-order valence-corrected chi connectivity index (χ0v) is 9.22. The van der Waals surface area contributed by atoms with Crippen molar-refractivity contribution in [2.45, 2.75) is 25.3 Å². The van der Waals surface area contributed by atoms with Crippen molar-refractivity contribution in [3.05, 3.63) is 28.5 Å². The van der Waals surface area contributed by atoms with Crippen molar-refractivity contribution in [3.63, 3.8) is 0 Å². The molecule has 1 saturated carbocycles. The molecule has 0 aliphatic heterocycles. The number of halogens is 2. The molecule has 0 bridgehead atoms. The molecular formula is C11H13ClFNO. The van der Waals surface area contributed by atoms with Crippen molar-refractivity contribution < 1.29 is 9.13 Å². The Morgan fingerprint density at radius 1 is 1.60 bits per heavy atom. The van der Waals surface area contributed by atoms with Crippen molar-refractivity contribution >= 4 is 11.6 Å². The number of hydrogen-bond acceptors (Lipinski definition) is 2. The SMILES string of the molecule is CCOc1ccc(F)c([C@H]2C[C@H]2N)c1Cl. The highest BCUT2D eigenvalue weighted by Gasteiger charge is 2.39. The second-order valence-corrected chi connectivity index (χ2v) is 4.09. The van der Waals surface area contributed by atoms with Gasteiger partial charge in [-0.3, -0.25) is 0 Å². The average molecular weight is 230 g/mol. The van der Waals surface area contributed by atoms with Crippen LogP contribution in [0.3, 0.4) is 0 Å². The van der Waals surface area contributed by atoms with Gasteiger partial charge in [-0.1, -0.05) is 11.6 Å². The first-order valence-electron chi connectivity index (χ1n) is 5.01. The number of benzene rings is 1. The lowest BCUT2D eigenvalue weighted by atomic mass is 10.1. The van der Waals surface area contributed by atoms with Crippen LogP contribution in [0.2, 0.25) is 5.02 Å². The van der Waals surface area contributed by atoms with E-state index in [4.69, 9.17) is 22.1 Å². The third-order valence-corrected chi connectivity index (χ3v) is 2.99. The van der Waals surface area contributed by atoms with E-state index >= 15 is 0 Å². The molecule has 2 nitrogen and oxygen atoms in total. The van der Waals surface area contributed by atoms with E-state index in [9.17, 15) is 4.39 Å². The Kier molecular flexibility index (Phi) is 2.85. The Balaban J connectivity index is 2.38. The first-order chi connectivity index (χ1) is 7.15. The van der Waals surface area contributed by atoms with E-state index in [0.717, 1.165) is 6.42 Å². The van der Waals surface area contributed by atoms with Gasteiger partial charge < -0.3 is 10.5 Å². The van der Waals surface area contributed by atoms with Crippen LogP contribution in [0, 0.1) is 5.82 Å². The molecule has 0 saturated heterocycles. The summed E-state index contributed by atoms with van der Waals surface area (Å²) >= 11 is 6.07. The zero-order valence-electron chi connectivity index (χ0n) is 8.47. The van der Waals surface area contributed by atoms with Gasteiger partial charge in [0, 0.05) is 17.5 Å². The fourth-order valence-electron chi connectivity index (χ4n) is 1.70. The summed E-state index contributed by atoms with van der Waals surface area (Å²) in [5.41, 5.74) is 6.20. The van der Waals surface area contributed by atoms with Crippen LogP contribution < -0.4 is 10.5 Å². The molecule has 0 heterocycles. The van der Waals surface area contributed by atoms with Gasteiger partial charge in [0.25, 0.3) is 0 Å². The van der Waals surface area contributed by atoms with E-state index in [1.807, 2.05) is 6.92 Å². The maximum absolute atomic E-state index is 13.5. The minimum atomic E-state index is -0.290. The Bertz CT molecular complexity index is 383. The number of nitrogens with two attached hydrogens (primary N) is 1. The lowest BCUT2D eigenvalue weighted by molar-refractivity contribution is 0.339. The third-order valence-electron chi connectivity index (χ3n) is 2.60. The van der Waals surface area contributed by atoms with E-state index in [-0.39, 0.29) is 17.8 Å². The molecule has 0 aromatic heterocycles. The van der Waals surface area contributed by atoms with Gasteiger partial charge in [-0.25, -0.2) is 4.39 Å². The first-order valence-corrected chi connectivity index (χ1v) is 5.39. The van der Waals surface area contributed by atoms with Crippen molar-refractivity contribution in [1.29, 1.82) is 0 Å². The topological polar surface area (TPSA) is 35.2 Å². The van der Waals surface area contributed by atoms with Gasteiger partial charge in [-0.15, -0.1) is 0 Å². The maximum atomic E-state index is 13.5. The van der Waals surface area contributed by atoms with Crippen LogP contribution in [0.25, 0.3) is 0 Å². The highest BCUT2D eigenvalue weighted by atomic mass is 35.5. The van der Waals surface area contributed by atoms with E-state index in [2.05, 4.69) is 0 Å². The minimum absolute atomic E-state index is 0.0360. The van der Waals surface area contributed by atoms with E-state index in [1.54, 1.807) is 6.07 Å². The van der Waals surface area contributed by atoms with E-state index in [1.165, 1.54) is 6.07 Å². The molecule has 0 radical (unpaired) electrons. The molecular weight excluding hydrogens is 217 g/mol. The molecule has 1 aliphatic rings. The zero-order chi connectivity index (χ0) is 11.0. The summed E-state index contributed by atoms with van der Waals surface area (Å²) in [7, 11) is 0. The molecule has 82 valence electrons. The smallest absolute Gasteiger partial charge is 0.138 e. The monoisotopic (exact) mass is 229 g/mol. The predicted molar refractivity (Wildman–Crippen MR) is 57.9 cm³/mol. The minimum Gasteiger partial charge on any atom is -0.492 e. The third kappa shape index (κ3) is 1.94. The van der Waals surface area contributed by atoms with Crippen molar-refractivity contribution in [2.75, 3.05) is 6.61 Å². The Labute approximate surface area is 93.2 Å². The van der Waals surface area contributed by atoms with Gasteiger partial charge in [0.2, 0.25) is 0 Å². The molecule has 2 N–H and O–H groups in total. The van der Waals surface area contributed by atoms with Crippen LogP contribution in [0.15, 0.2) is 12.1 Å². The van der Waals surface area contributed by atoms with Crippen LogP contribution in [-0.2, 0) is 0 Å². The lowest BCUT2D eigenvalue weighted by Crippen LogP contribution is -2.04. The maximum Gasteiger partial charge on any atom is 0.138 e. The highest BCUT2D eigenvalue weighted by Crippen LogP contribution is 2.46. The standard InChI is InChI=1S/C11H13ClFNO/c1-2-15-9-4-3-7(13)10(11(9)12)6-5-8(6)14/h3-4,6,8H,2,5,14H2,1H3/t6-,8+/m0/s1. The number of ether oxygens (including phenoxy) is 1. The van der Waals surface area contributed by atoms with Crippen molar-refractivity contribution in [1.82, 2.24) is 0 Å². The van der Waals surface area contributed by atoms with Crippen molar-refractivity contribution in [3.8, 4) is 5.75 Å². The van der Waals surface area contributed by atoms with Crippen LogP contribution in [0.5, 0.6) is 5.75 Å². The Hall–Kier alpha value is -0.800. The molecule has 2 rings (SSSR count). The summed E-state index contributed by atoms with van der Waals surface area (Å²) in [5, 5.41) is 0.370. The fourth-order valence-corrected chi connectivity index (χ4v) is 2.05. The van der Waals surface area contributed by atoms with Gasteiger partial charge in [0.15, 0.2) is 0 Å². The van der Waals surface area contributed by atoms with Crippen LogP contribution in [0.1, 0.15) is 24.8 Å². The summed E-state index contributed by atoms with van der Waals surface area (Å²) in [6.07, 6.45) is 0.798. The molecule has 4 heteroatoms. The summed E-state index contributed by atoms with van der Waals surface area (Å²) in [6.45, 7) is 2.38. The van der Waals surface area contributed by atoms with Gasteiger partial charge in [-0.2, -0.15) is 0 Å². The molecule has 1 aromatic carbocycles. The first kappa shape index (κ1) is 10.7. The highest BCUT2D eigenvalue weighted by molar-refractivity contribution is 6.33. The lowest BCUT2D eigenvalue weighted by Gasteiger charge is -2.10. The molecule has 0 spiro atoms. The second-order valence-electron chi connectivity index (χ2n) is 3.71. The van der Waals surface area contributed by atoms with Gasteiger partial charge in [-0.05, 0) is 25.5 Å². The summed E-state index contributed by atoms with van der Waals surface area (Å²) < 4.78 is 18.8. The molecule has 0 unspecified atom stereocenters. The molecule has 1 fully saturated rings. The Morgan fingerprint density at radius 3 is 2.80 bits per heavy atom. The largest absolute Gasteiger partial charge is 0.492 e. The molecule has 1 aromatic rings. The molecule has 2 atom stereocenters. The summed E-state index contributed by atoms with van der Waals surface area (Å²) in [4.78, 5) is 0. The van der Waals surface area contributed by atoms with E-state index < -0.39 is 0 Å². The van der Waals surface area contributed by atoms with Gasteiger partial charge in [0.05, 0.1) is 11.6 Å². The molecule has 15 heavy (non-hydrogen) atoms. The van der Waals surface area contributed by atoms with Crippen LogP contribution >= 0.6 is 11.6 Å². The second kappa shape index (κ2) is 3.99. The van der Waals surface area contributed by atoms with E-state index in [0.29, 0.717) is 22.9 Å². The molecule has 0 amide bonds. The van der Waals surface area contributed by atoms with Crippen LogP contribution in [-0.4, -0.2) is 12.6 Å². The quantitative estimate of drug-likeness (QED) is 0.865.